The van der Waals surface area contributed by atoms with E-state index in [1.54, 1.807) is 11.8 Å². The number of alkyl halides is 2. The first kappa shape index (κ1) is 20.2. The molecule has 23 heavy (non-hydrogen) atoms. The molecule has 0 aromatic heterocycles. The summed E-state index contributed by atoms with van der Waals surface area (Å²) in [5, 5.41) is 5.88. The van der Waals surface area contributed by atoms with Gasteiger partial charge in [0.1, 0.15) is 0 Å². The molecule has 1 saturated heterocycles. The summed E-state index contributed by atoms with van der Waals surface area (Å²) in [4.78, 5) is 13.2. The molecule has 1 fully saturated rings. The van der Waals surface area contributed by atoms with Gasteiger partial charge in [-0.05, 0) is 24.6 Å². The highest BCUT2D eigenvalue weighted by Gasteiger charge is 2.42. The molecule has 2 unspecified atom stereocenters. The molecule has 0 bridgehead atoms. The normalized spacial score (nSPS) is 20.9. The molecule has 1 aliphatic rings. The molecule has 0 radical (unpaired) electrons. The maximum atomic E-state index is 13.1. The average Bonchev–Trinajstić information content (AvgIpc) is 2.79. The fraction of sp³-hybridized carbons (Fsp3) is 0.562. The van der Waals surface area contributed by atoms with E-state index >= 15 is 0 Å². The predicted molar refractivity (Wildman–Crippen MR) is 92.6 cm³/mol. The average molecular weight is 365 g/mol. The molecule has 7 heteroatoms. The Morgan fingerprint density at radius 1 is 1.30 bits per heavy atom. The molecule has 0 aliphatic carbocycles. The molecule has 1 amide bonds. The Balaban J connectivity index is 0.00000264. The lowest BCUT2D eigenvalue weighted by Gasteiger charge is -2.18. The molecule has 2 N–H and O–H groups in total. The third-order valence-electron chi connectivity index (χ3n) is 3.54. The van der Waals surface area contributed by atoms with Crippen LogP contribution in [0.2, 0.25) is 0 Å². The Hall–Kier alpha value is -0.850. The van der Waals surface area contributed by atoms with Crippen LogP contribution in [-0.2, 0) is 4.79 Å². The lowest BCUT2D eigenvalue weighted by Crippen LogP contribution is -2.41. The topological polar surface area (TPSA) is 41.1 Å². The third kappa shape index (κ3) is 5.94. The van der Waals surface area contributed by atoms with Gasteiger partial charge in [0.05, 0.1) is 18.6 Å². The highest BCUT2D eigenvalue weighted by Crippen LogP contribution is 2.26. The van der Waals surface area contributed by atoms with Gasteiger partial charge in [-0.2, -0.15) is 0 Å². The van der Waals surface area contributed by atoms with Crippen molar-refractivity contribution < 1.29 is 13.6 Å². The van der Waals surface area contributed by atoms with Crippen molar-refractivity contribution in [2.24, 2.45) is 0 Å². The Morgan fingerprint density at radius 3 is 2.39 bits per heavy atom. The predicted octanol–water partition coefficient (Wildman–Crippen LogP) is 3.78. The minimum absolute atomic E-state index is 0. The Bertz CT molecular complexity index is 525. The van der Waals surface area contributed by atoms with E-state index in [0.717, 1.165) is 5.56 Å². The van der Waals surface area contributed by atoms with E-state index in [1.807, 2.05) is 31.2 Å². The standard InChI is InChI=1S/C16H22F2N2OS.ClH/c1-10(2)22-13-6-4-12(5-7-13)11(3)20-15(21)14-8-16(17,18)9-19-14;/h4-7,10-11,14,19H,8-9H2,1-3H3,(H,20,21);1H. The summed E-state index contributed by atoms with van der Waals surface area (Å²) in [5.74, 6) is -3.16. The van der Waals surface area contributed by atoms with Gasteiger partial charge < -0.3 is 5.32 Å². The SMILES string of the molecule is CC(C)Sc1ccc(C(C)NC(=O)C2CC(F)(F)CN2)cc1.Cl. The Labute approximate surface area is 146 Å². The molecule has 2 rings (SSSR count). The molecule has 1 aliphatic heterocycles. The van der Waals surface area contributed by atoms with Crippen molar-refractivity contribution in [2.75, 3.05) is 6.54 Å². The molecule has 0 spiro atoms. The van der Waals surface area contributed by atoms with E-state index in [2.05, 4.69) is 24.5 Å². The van der Waals surface area contributed by atoms with E-state index in [1.165, 1.54) is 4.90 Å². The van der Waals surface area contributed by atoms with Crippen LogP contribution < -0.4 is 10.6 Å². The molecule has 3 nitrogen and oxygen atoms in total. The molecule has 1 aromatic rings. The first-order chi connectivity index (χ1) is 10.3. The fourth-order valence-electron chi connectivity index (χ4n) is 2.41. The van der Waals surface area contributed by atoms with E-state index in [-0.39, 0.29) is 24.4 Å². The van der Waals surface area contributed by atoms with Crippen LogP contribution in [0.15, 0.2) is 29.2 Å². The minimum atomic E-state index is -2.79. The molecule has 130 valence electrons. The second-order valence-electron chi connectivity index (χ2n) is 5.96. The number of thioether (sulfide) groups is 1. The number of benzene rings is 1. The van der Waals surface area contributed by atoms with Crippen molar-refractivity contribution in [3.63, 3.8) is 0 Å². The summed E-state index contributed by atoms with van der Waals surface area (Å²) < 4.78 is 26.2. The molecule has 2 atom stereocenters. The lowest BCUT2D eigenvalue weighted by atomic mass is 10.1. The van der Waals surface area contributed by atoms with Gasteiger partial charge in [0.25, 0.3) is 5.92 Å². The number of rotatable bonds is 5. The molecule has 0 saturated carbocycles. The molecular formula is C16H23ClF2N2OS. The van der Waals surface area contributed by atoms with Crippen LogP contribution in [-0.4, -0.2) is 29.7 Å². The largest absolute Gasteiger partial charge is 0.348 e. The van der Waals surface area contributed by atoms with Gasteiger partial charge in [-0.25, -0.2) is 8.78 Å². The summed E-state index contributed by atoms with van der Waals surface area (Å²) in [7, 11) is 0. The van der Waals surface area contributed by atoms with Crippen LogP contribution in [0.5, 0.6) is 0 Å². The molecular weight excluding hydrogens is 342 g/mol. The van der Waals surface area contributed by atoms with Crippen molar-refractivity contribution >= 4 is 30.1 Å². The zero-order valence-electron chi connectivity index (χ0n) is 13.4. The van der Waals surface area contributed by atoms with Crippen LogP contribution in [0, 0.1) is 0 Å². The fourth-order valence-corrected chi connectivity index (χ4v) is 3.24. The summed E-state index contributed by atoms with van der Waals surface area (Å²) in [5.41, 5.74) is 0.964. The van der Waals surface area contributed by atoms with Gasteiger partial charge in [-0.3, -0.25) is 10.1 Å². The zero-order valence-corrected chi connectivity index (χ0v) is 15.1. The van der Waals surface area contributed by atoms with E-state index in [4.69, 9.17) is 0 Å². The van der Waals surface area contributed by atoms with Crippen LogP contribution >= 0.6 is 24.2 Å². The summed E-state index contributed by atoms with van der Waals surface area (Å²) in [6, 6.07) is 6.95. The molecule has 1 heterocycles. The van der Waals surface area contributed by atoms with Gasteiger partial charge in [0, 0.05) is 16.6 Å². The third-order valence-corrected chi connectivity index (χ3v) is 4.55. The number of halogens is 3. The van der Waals surface area contributed by atoms with Crippen LogP contribution in [0.3, 0.4) is 0 Å². The second kappa shape index (κ2) is 8.31. The smallest absolute Gasteiger partial charge is 0.262 e. The number of hydrogen-bond donors (Lipinski definition) is 2. The van der Waals surface area contributed by atoms with Crippen LogP contribution in [0.4, 0.5) is 8.78 Å². The van der Waals surface area contributed by atoms with Gasteiger partial charge in [-0.1, -0.05) is 26.0 Å². The quantitative estimate of drug-likeness (QED) is 0.781. The highest BCUT2D eigenvalue weighted by atomic mass is 35.5. The number of amides is 1. The summed E-state index contributed by atoms with van der Waals surface area (Å²) >= 11 is 1.77. The summed E-state index contributed by atoms with van der Waals surface area (Å²) in [6.45, 7) is 5.69. The van der Waals surface area contributed by atoms with Gasteiger partial charge in [0.2, 0.25) is 5.91 Å². The zero-order chi connectivity index (χ0) is 16.3. The van der Waals surface area contributed by atoms with Gasteiger partial charge >= 0.3 is 0 Å². The van der Waals surface area contributed by atoms with Crippen molar-refractivity contribution in [1.82, 2.24) is 10.6 Å². The van der Waals surface area contributed by atoms with Gasteiger partial charge in [-0.15, -0.1) is 24.2 Å². The highest BCUT2D eigenvalue weighted by molar-refractivity contribution is 7.99. The number of hydrogen-bond acceptors (Lipinski definition) is 3. The minimum Gasteiger partial charge on any atom is -0.348 e. The van der Waals surface area contributed by atoms with Crippen molar-refractivity contribution in [3.05, 3.63) is 29.8 Å². The first-order valence-electron chi connectivity index (χ1n) is 7.45. The monoisotopic (exact) mass is 364 g/mol. The van der Waals surface area contributed by atoms with Crippen molar-refractivity contribution in [1.29, 1.82) is 0 Å². The van der Waals surface area contributed by atoms with E-state index in [9.17, 15) is 13.6 Å². The second-order valence-corrected chi connectivity index (χ2v) is 7.61. The lowest BCUT2D eigenvalue weighted by molar-refractivity contribution is -0.124. The van der Waals surface area contributed by atoms with Crippen LogP contribution in [0.1, 0.15) is 38.8 Å². The van der Waals surface area contributed by atoms with Crippen LogP contribution in [0.25, 0.3) is 0 Å². The Kier molecular flexibility index (Phi) is 7.29. The maximum Gasteiger partial charge on any atom is 0.262 e. The van der Waals surface area contributed by atoms with E-state index in [0.29, 0.717) is 5.25 Å². The Morgan fingerprint density at radius 2 is 1.91 bits per heavy atom. The first-order valence-corrected chi connectivity index (χ1v) is 8.33. The number of carbonyl (C=O) groups excluding carboxylic acids is 1. The number of carbonyl (C=O) groups is 1. The maximum absolute atomic E-state index is 13.1. The van der Waals surface area contributed by atoms with Crippen molar-refractivity contribution in [2.45, 2.75) is 55.3 Å². The summed E-state index contributed by atoms with van der Waals surface area (Å²) in [6.07, 6.45) is -0.435. The van der Waals surface area contributed by atoms with Crippen molar-refractivity contribution in [3.8, 4) is 0 Å². The number of nitrogens with one attached hydrogen (secondary N) is 2. The van der Waals surface area contributed by atoms with E-state index < -0.39 is 24.9 Å². The van der Waals surface area contributed by atoms with Gasteiger partial charge in [0.15, 0.2) is 0 Å². The molecule has 1 aromatic carbocycles.